The van der Waals surface area contributed by atoms with Crippen LogP contribution in [0.4, 0.5) is 0 Å². The van der Waals surface area contributed by atoms with Gasteiger partial charge in [0.1, 0.15) is 11.3 Å². The molecule has 0 heterocycles. The Balaban J connectivity index is 1.96. The molecule has 1 atom stereocenters. The standard InChI is InChI=1S/C18H22N2O4/c1-13(16(21)20-18(12-19)10-4-3-5-11-18)24-15-8-6-14(7-9-15)17(22)23-2/h6-9,13H,3-5,10-11H2,1-2H3,(H,20,21)/t13-/m0/s1. The molecule has 1 aliphatic rings. The third-order valence-corrected chi connectivity index (χ3v) is 4.24. The molecule has 1 aliphatic carbocycles. The van der Waals surface area contributed by atoms with Crippen LogP contribution in [0.1, 0.15) is 49.4 Å². The van der Waals surface area contributed by atoms with Crippen LogP contribution in [-0.4, -0.2) is 30.6 Å². The molecule has 0 unspecified atom stereocenters. The lowest BCUT2D eigenvalue weighted by Gasteiger charge is -2.32. The molecule has 1 saturated carbocycles. The van der Waals surface area contributed by atoms with Crippen LogP contribution in [0.5, 0.6) is 5.75 Å². The molecule has 1 N–H and O–H groups in total. The van der Waals surface area contributed by atoms with Crippen LogP contribution >= 0.6 is 0 Å². The number of rotatable bonds is 5. The van der Waals surface area contributed by atoms with E-state index in [4.69, 9.17) is 4.74 Å². The third kappa shape index (κ3) is 4.25. The molecule has 24 heavy (non-hydrogen) atoms. The number of ether oxygens (including phenoxy) is 2. The minimum absolute atomic E-state index is 0.310. The van der Waals surface area contributed by atoms with Crippen molar-refractivity contribution in [2.24, 2.45) is 0 Å². The number of nitriles is 1. The summed E-state index contributed by atoms with van der Waals surface area (Å²) in [6.45, 7) is 1.64. The van der Waals surface area contributed by atoms with Crippen LogP contribution in [0.25, 0.3) is 0 Å². The molecular formula is C18H22N2O4. The highest BCUT2D eigenvalue weighted by Gasteiger charge is 2.35. The van der Waals surface area contributed by atoms with Crippen LogP contribution in [0, 0.1) is 11.3 Å². The highest BCUT2D eigenvalue weighted by Crippen LogP contribution is 2.27. The van der Waals surface area contributed by atoms with Gasteiger partial charge in [0.05, 0.1) is 18.7 Å². The van der Waals surface area contributed by atoms with Crippen molar-refractivity contribution < 1.29 is 19.1 Å². The Morgan fingerprint density at radius 3 is 2.38 bits per heavy atom. The van der Waals surface area contributed by atoms with Crippen molar-refractivity contribution in [2.45, 2.75) is 50.7 Å². The van der Waals surface area contributed by atoms with Gasteiger partial charge in [0.25, 0.3) is 5.91 Å². The number of hydrogen-bond donors (Lipinski definition) is 1. The average Bonchev–Trinajstić information content (AvgIpc) is 2.62. The van der Waals surface area contributed by atoms with E-state index < -0.39 is 17.6 Å². The zero-order chi connectivity index (χ0) is 17.6. The second-order valence-corrected chi connectivity index (χ2v) is 6.02. The maximum absolute atomic E-state index is 12.3. The topological polar surface area (TPSA) is 88.4 Å². The van der Waals surface area contributed by atoms with Crippen LogP contribution in [0.3, 0.4) is 0 Å². The summed E-state index contributed by atoms with van der Waals surface area (Å²) >= 11 is 0. The quantitative estimate of drug-likeness (QED) is 0.838. The number of nitrogens with one attached hydrogen (secondary N) is 1. The number of esters is 1. The molecule has 0 aliphatic heterocycles. The maximum atomic E-state index is 12.3. The average molecular weight is 330 g/mol. The maximum Gasteiger partial charge on any atom is 0.337 e. The molecule has 1 fully saturated rings. The summed E-state index contributed by atoms with van der Waals surface area (Å²) in [6, 6.07) is 8.62. The first kappa shape index (κ1) is 17.8. The monoisotopic (exact) mass is 330 g/mol. The first-order chi connectivity index (χ1) is 11.5. The molecule has 6 nitrogen and oxygen atoms in total. The number of amides is 1. The highest BCUT2D eigenvalue weighted by atomic mass is 16.5. The summed E-state index contributed by atoms with van der Waals surface area (Å²) in [6.07, 6.45) is 3.60. The van der Waals surface area contributed by atoms with Gasteiger partial charge in [-0.05, 0) is 44.0 Å². The van der Waals surface area contributed by atoms with Gasteiger partial charge < -0.3 is 14.8 Å². The normalized spacial score (nSPS) is 17.2. The van der Waals surface area contributed by atoms with Crippen molar-refractivity contribution in [3.8, 4) is 11.8 Å². The Labute approximate surface area is 141 Å². The minimum Gasteiger partial charge on any atom is -0.481 e. The predicted molar refractivity (Wildman–Crippen MR) is 87.4 cm³/mol. The number of carbonyl (C=O) groups excluding carboxylic acids is 2. The first-order valence-corrected chi connectivity index (χ1v) is 8.08. The molecule has 1 aromatic rings. The molecule has 0 aromatic heterocycles. The van der Waals surface area contributed by atoms with Gasteiger partial charge >= 0.3 is 5.97 Å². The van der Waals surface area contributed by atoms with Gasteiger partial charge in [-0.25, -0.2) is 4.79 Å². The molecule has 0 radical (unpaired) electrons. The van der Waals surface area contributed by atoms with Gasteiger partial charge in [-0.3, -0.25) is 4.79 Å². The molecule has 128 valence electrons. The van der Waals surface area contributed by atoms with E-state index in [0.717, 1.165) is 19.3 Å². The summed E-state index contributed by atoms with van der Waals surface area (Å²) in [5, 5.41) is 12.3. The summed E-state index contributed by atoms with van der Waals surface area (Å²) in [5.74, 6) is -0.268. The summed E-state index contributed by atoms with van der Waals surface area (Å²) in [5.41, 5.74) is -0.366. The number of benzene rings is 1. The smallest absolute Gasteiger partial charge is 0.337 e. The molecular weight excluding hydrogens is 308 g/mol. The number of hydrogen-bond acceptors (Lipinski definition) is 5. The lowest BCUT2D eigenvalue weighted by atomic mass is 9.83. The van der Waals surface area contributed by atoms with Crippen molar-refractivity contribution in [3.63, 3.8) is 0 Å². The first-order valence-electron chi connectivity index (χ1n) is 8.08. The zero-order valence-electron chi connectivity index (χ0n) is 14.0. The molecule has 0 spiro atoms. The molecule has 6 heteroatoms. The van der Waals surface area contributed by atoms with Crippen molar-refractivity contribution >= 4 is 11.9 Å². The van der Waals surface area contributed by atoms with Gasteiger partial charge in [0.2, 0.25) is 0 Å². The molecule has 0 saturated heterocycles. The highest BCUT2D eigenvalue weighted by molar-refractivity contribution is 5.89. The number of methoxy groups -OCH3 is 1. The largest absolute Gasteiger partial charge is 0.481 e. The van der Waals surface area contributed by atoms with Crippen LogP contribution in [-0.2, 0) is 9.53 Å². The minimum atomic E-state index is -0.776. The summed E-state index contributed by atoms with van der Waals surface area (Å²) < 4.78 is 10.2. The lowest BCUT2D eigenvalue weighted by molar-refractivity contribution is -0.129. The SMILES string of the molecule is COC(=O)c1ccc(O[C@@H](C)C(=O)NC2(C#N)CCCCC2)cc1. The van der Waals surface area contributed by atoms with E-state index in [0.29, 0.717) is 24.2 Å². The second-order valence-electron chi connectivity index (χ2n) is 6.02. The van der Waals surface area contributed by atoms with Crippen molar-refractivity contribution in [3.05, 3.63) is 29.8 Å². The van der Waals surface area contributed by atoms with Crippen LogP contribution in [0.2, 0.25) is 0 Å². The van der Waals surface area contributed by atoms with E-state index in [-0.39, 0.29) is 5.91 Å². The molecule has 1 amide bonds. The van der Waals surface area contributed by atoms with Gasteiger partial charge in [0.15, 0.2) is 6.10 Å². The Kier molecular flexibility index (Phi) is 5.80. The van der Waals surface area contributed by atoms with Crippen molar-refractivity contribution in [1.29, 1.82) is 5.26 Å². The fraction of sp³-hybridized carbons (Fsp3) is 0.500. The van der Waals surface area contributed by atoms with E-state index in [1.54, 1.807) is 31.2 Å². The molecule has 0 bridgehead atoms. The Morgan fingerprint density at radius 2 is 1.83 bits per heavy atom. The van der Waals surface area contributed by atoms with Gasteiger partial charge in [-0.15, -0.1) is 0 Å². The summed E-state index contributed by atoms with van der Waals surface area (Å²) in [7, 11) is 1.31. The van der Waals surface area contributed by atoms with Crippen LogP contribution in [0.15, 0.2) is 24.3 Å². The van der Waals surface area contributed by atoms with Gasteiger partial charge in [0, 0.05) is 0 Å². The fourth-order valence-electron chi connectivity index (χ4n) is 2.80. The Bertz CT molecular complexity index is 627. The van der Waals surface area contributed by atoms with E-state index in [1.165, 1.54) is 7.11 Å². The van der Waals surface area contributed by atoms with Crippen LogP contribution < -0.4 is 10.1 Å². The molecule has 2 rings (SSSR count). The second kappa shape index (κ2) is 7.82. The van der Waals surface area contributed by atoms with Crippen molar-refractivity contribution in [2.75, 3.05) is 7.11 Å². The predicted octanol–water partition coefficient (Wildman–Crippen LogP) is 2.58. The third-order valence-electron chi connectivity index (χ3n) is 4.24. The lowest BCUT2D eigenvalue weighted by Crippen LogP contribution is -2.52. The van der Waals surface area contributed by atoms with Gasteiger partial charge in [-0.1, -0.05) is 19.3 Å². The Hall–Kier alpha value is -2.55. The summed E-state index contributed by atoms with van der Waals surface area (Å²) in [4.78, 5) is 23.7. The van der Waals surface area contributed by atoms with E-state index in [2.05, 4.69) is 16.1 Å². The fourth-order valence-corrected chi connectivity index (χ4v) is 2.80. The van der Waals surface area contributed by atoms with E-state index >= 15 is 0 Å². The number of carbonyl (C=O) groups is 2. The van der Waals surface area contributed by atoms with E-state index in [9.17, 15) is 14.9 Å². The zero-order valence-corrected chi connectivity index (χ0v) is 14.0. The molecule has 1 aromatic carbocycles. The van der Waals surface area contributed by atoms with Crippen molar-refractivity contribution in [1.82, 2.24) is 5.32 Å². The van der Waals surface area contributed by atoms with Gasteiger partial charge in [-0.2, -0.15) is 5.26 Å². The number of nitrogens with zero attached hydrogens (tertiary/aromatic N) is 1. The van der Waals surface area contributed by atoms with E-state index in [1.807, 2.05) is 0 Å². The Morgan fingerprint density at radius 1 is 1.21 bits per heavy atom.